The normalized spacial score (nSPS) is 13.7. The smallest absolute Gasteiger partial charge is 0.493 e. The van der Waals surface area contributed by atoms with Gasteiger partial charge in [0.2, 0.25) is 0 Å². The molecule has 6 nitrogen and oxygen atoms in total. The molecule has 0 unspecified atom stereocenters. The molecule has 0 atom stereocenters. The average Bonchev–Trinajstić information content (AvgIpc) is 3.97. The van der Waals surface area contributed by atoms with Crippen LogP contribution in [0.2, 0.25) is 0 Å². The molecule has 0 saturated heterocycles. The molecule has 0 bridgehead atoms. The van der Waals surface area contributed by atoms with E-state index in [1.54, 1.807) is 12.3 Å². The number of ether oxygens (including phenoxy) is 2. The number of imidazole rings is 1. The van der Waals surface area contributed by atoms with Crippen molar-refractivity contribution in [3.8, 4) is 67.8 Å². The molecule has 1 aliphatic heterocycles. The van der Waals surface area contributed by atoms with Crippen LogP contribution in [0, 0.1) is 10.7 Å². The number of nitrogens with zero attached hydrogens (tertiary/aromatic N) is 4. The standard InChI is InChI=1S/C66H58N4O2.Pt/c1-43-34-63(67-41-57(43)46-27-29-48(30-28-46)65(2,3)4)70-60-39-52(31-32-53(60)56-35-47-22-17-33-71-62(47)40-61(56)70)72-51-24-16-23-50(38-51)68-42-69(59-26-15-14-25-58(59)68)64-54(44-18-10-8-11-19-44)36-49(66(5,6)7)37-55(64)45-20-12-9-13-21-45;/h8-16,18-21,23-32,34-41H,17,22,33H2,1-7H3;/i1D3;. The average molecular weight is 1140 g/mol. The molecule has 0 radical (unpaired) electrons. The van der Waals surface area contributed by atoms with Gasteiger partial charge in [0.15, 0.2) is 0 Å². The molecule has 8 aromatic carbocycles. The molecule has 7 heteroatoms. The Bertz CT molecular complexity index is 4040. The van der Waals surface area contributed by atoms with E-state index in [1.807, 2.05) is 36.4 Å². The van der Waals surface area contributed by atoms with E-state index in [1.165, 1.54) is 11.1 Å². The third-order valence-electron chi connectivity index (χ3n) is 14.3. The van der Waals surface area contributed by atoms with Gasteiger partial charge < -0.3 is 4.74 Å². The fraction of sp³-hybridized carbons (Fsp3) is 0.182. The van der Waals surface area contributed by atoms with Crippen molar-refractivity contribution in [3.63, 3.8) is 0 Å². The maximum atomic E-state index is 8.79. The maximum absolute atomic E-state index is 8.79. The van der Waals surface area contributed by atoms with E-state index in [-0.39, 0.29) is 16.4 Å². The molecule has 0 fully saturated rings. The molecule has 12 rings (SSSR count). The number of hydrogen-bond donors (Lipinski definition) is 0. The number of para-hydroxylation sites is 2. The van der Waals surface area contributed by atoms with E-state index in [2.05, 4.69) is 214 Å². The SMILES string of the molecule is [2H]C([2H])([2H])c1cc(-n2c3cc(Oc4cccc(-n5[c](=[Pt])n(-c6c(-c7ccccc7)cc(C(C)(C)C)cc6-c6ccccc6)c6ccccc65)c4)ccc3c3cc4c(cc32)OCCC4)ncc1-c1ccc(C(C)(C)C)cc1. The van der Waals surface area contributed by atoms with Gasteiger partial charge in [0, 0.05) is 15.9 Å². The Balaban J connectivity index is 0.993. The van der Waals surface area contributed by atoms with Crippen molar-refractivity contribution in [2.45, 2.75) is 72.1 Å². The number of fused-ring (bicyclic) bond motifs is 5. The van der Waals surface area contributed by atoms with Crippen LogP contribution in [0.1, 0.15) is 74.3 Å². The molecular formula is C66H58N4O2Pt. The summed E-state index contributed by atoms with van der Waals surface area (Å²) >= 11 is 2.50. The molecule has 4 heterocycles. The number of hydrogen-bond acceptors (Lipinski definition) is 3. The van der Waals surface area contributed by atoms with Crippen LogP contribution in [0.15, 0.2) is 188 Å². The molecule has 0 saturated carbocycles. The fourth-order valence-corrected chi connectivity index (χ4v) is 11.6. The first-order chi connectivity index (χ1) is 36.5. The molecule has 73 heavy (non-hydrogen) atoms. The first kappa shape index (κ1) is 43.1. The third-order valence-corrected chi connectivity index (χ3v) is 15.4. The number of benzene rings is 8. The zero-order chi connectivity index (χ0) is 52.7. The molecule has 11 aromatic rings. The van der Waals surface area contributed by atoms with Crippen molar-refractivity contribution < 1.29 is 32.9 Å². The second-order valence-corrected chi connectivity index (χ2v) is 22.3. The molecule has 0 aliphatic carbocycles. The van der Waals surface area contributed by atoms with Gasteiger partial charge in [-0.15, -0.1) is 0 Å². The van der Waals surface area contributed by atoms with Crippen molar-refractivity contribution in [3.05, 3.63) is 214 Å². The molecule has 0 spiro atoms. The quantitative estimate of drug-likeness (QED) is 0.152. The predicted octanol–water partition coefficient (Wildman–Crippen LogP) is 17.0. The topological polar surface area (TPSA) is 46.1 Å². The molecule has 1 aliphatic rings. The van der Waals surface area contributed by atoms with Crippen LogP contribution in [-0.2, 0) is 36.6 Å². The Morgan fingerprint density at radius 1 is 0.548 bits per heavy atom. The minimum absolute atomic E-state index is 0.0427. The fourth-order valence-electron chi connectivity index (χ4n) is 10.5. The number of pyridine rings is 1. The summed E-state index contributed by atoms with van der Waals surface area (Å²) in [5, 5.41) is 2.04. The van der Waals surface area contributed by atoms with Crippen LogP contribution in [0.5, 0.6) is 17.2 Å². The van der Waals surface area contributed by atoms with E-state index >= 15 is 0 Å². The summed E-state index contributed by atoms with van der Waals surface area (Å²) in [6.45, 7) is 11.6. The van der Waals surface area contributed by atoms with Gasteiger partial charge in [0.05, 0.1) is 6.61 Å². The molecule has 3 aromatic heterocycles. The Morgan fingerprint density at radius 2 is 1.18 bits per heavy atom. The van der Waals surface area contributed by atoms with Gasteiger partial charge in [-0.1, -0.05) is 45.0 Å². The summed E-state index contributed by atoms with van der Waals surface area (Å²) in [7, 11) is 0. The van der Waals surface area contributed by atoms with Crippen LogP contribution in [0.25, 0.3) is 83.4 Å². The minimum Gasteiger partial charge on any atom is -0.493 e. The zero-order valence-corrected chi connectivity index (χ0v) is 44.2. The molecular weight excluding hydrogens is 1080 g/mol. The van der Waals surface area contributed by atoms with E-state index in [0.717, 1.165) is 100.0 Å². The Hall–Kier alpha value is -7.53. The summed E-state index contributed by atoms with van der Waals surface area (Å²) in [5.74, 6) is 2.63. The van der Waals surface area contributed by atoms with E-state index in [9.17, 15) is 0 Å². The van der Waals surface area contributed by atoms with E-state index in [0.29, 0.717) is 29.5 Å². The van der Waals surface area contributed by atoms with Gasteiger partial charge in [-0.25, -0.2) is 0 Å². The van der Waals surface area contributed by atoms with E-state index < -0.39 is 6.85 Å². The predicted molar refractivity (Wildman–Crippen MR) is 297 cm³/mol. The summed E-state index contributed by atoms with van der Waals surface area (Å²) in [4.78, 5) is 5.06. The van der Waals surface area contributed by atoms with Gasteiger partial charge >= 0.3 is 320 Å². The first-order valence-corrected chi connectivity index (χ1v) is 26.2. The molecule has 0 N–H and O–H groups in total. The summed E-state index contributed by atoms with van der Waals surface area (Å²) in [6, 6.07) is 63.5. The van der Waals surface area contributed by atoms with Crippen molar-refractivity contribution in [2.75, 3.05) is 6.61 Å². The number of aromatic nitrogens is 4. The Labute approximate surface area is 442 Å². The van der Waals surface area contributed by atoms with Gasteiger partial charge in [-0.3, -0.25) is 0 Å². The molecule has 0 amide bonds. The first-order valence-electron chi connectivity index (χ1n) is 26.6. The van der Waals surface area contributed by atoms with Crippen LogP contribution >= 0.6 is 0 Å². The van der Waals surface area contributed by atoms with Gasteiger partial charge in [-0.05, 0) is 47.4 Å². The van der Waals surface area contributed by atoms with Crippen molar-refractivity contribution >= 4 is 32.8 Å². The van der Waals surface area contributed by atoms with Gasteiger partial charge in [0.1, 0.15) is 5.75 Å². The minimum atomic E-state index is -2.41. The van der Waals surface area contributed by atoms with Crippen molar-refractivity contribution in [2.24, 2.45) is 0 Å². The van der Waals surface area contributed by atoms with Gasteiger partial charge in [-0.2, -0.15) is 0 Å². The summed E-state index contributed by atoms with van der Waals surface area (Å²) in [6.07, 6.45) is 3.58. The summed E-state index contributed by atoms with van der Waals surface area (Å²) in [5.41, 5.74) is 15.6. The third kappa shape index (κ3) is 8.46. The van der Waals surface area contributed by atoms with Crippen LogP contribution < -0.4 is 9.47 Å². The Morgan fingerprint density at radius 3 is 1.85 bits per heavy atom. The van der Waals surface area contributed by atoms with Crippen LogP contribution in [0.3, 0.4) is 0 Å². The second-order valence-electron chi connectivity index (χ2n) is 21.3. The van der Waals surface area contributed by atoms with Crippen molar-refractivity contribution in [1.29, 1.82) is 0 Å². The monoisotopic (exact) mass is 1140 g/mol. The summed E-state index contributed by atoms with van der Waals surface area (Å²) < 4.78 is 47.3. The second kappa shape index (κ2) is 18.2. The van der Waals surface area contributed by atoms with E-state index in [4.69, 9.17) is 18.6 Å². The number of aryl methyl sites for hydroxylation is 2. The number of rotatable bonds is 8. The van der Waals surface area contributed by atoms with Gasteiger partial charge in [0.25, 0.3) is 0 Å². The Kier molecular flexibility index (Phi) is 10.7. The van der Waals surface area contributed by atoms with Crippen LogP contribution in [-0.4, -0.2) is 25.3 Å². The molecule has 364 valence electrons. The van der Waals surface area contributed by atoms with Crippen molar-refractivity contribution in [1.82, 2.24) is 18.7 Å². The zero-order valence-electron chi connectivity index (χ0n) is 44.9. The van der Waals surface area contributed by atoms with Crippen LogP contribution in [0.4, 0.5) is 0 Å².